The average Bonchev–Trinajstić information content (AvgIpc) is 2.64. The molecule has 1 aliphatic rings. The normalized spacial score (nSPS) is 15.9. The third-order valence-electron chi connectivity index (χ3n) is 2.65. The summed E-state index contributed by atoms with van der Waals surface area (Å²) in [5.41, 5.74) is 8.20. The molecule has 0 radical (unpaired) electrons. The summed E-state index contributed by atoms with van der Waals surface area (Å²) in [7, 11) is 0. The molecule has 1 aromatic heterocycles. The van der Waals surface area contributed by atoms with Gasteiger partial charge in [-0.15, -0.1) is 5.10 Å². The highest BCUT2D eigenvalue weighted by molar-refractivity contribution is 5.54. The van der Waals surface area contributed by atoms with Gasteiger partial charge in [-0.3, -0.25) is 0 Å². The predicted octanol–water partition coefficient (Wildman–Crippen LogP) is 2.47. The van der Waals surface area contributed by atoms with E-state index in [0.717, 1.165) is 30.5 Å². The number of nitriles is 1. The maximum Gasteiger partial charge on any atom is 0.163 e. The van der Waals surface area contributed by atoms with Gasteiger partial charge in [-0.2, -0.15) is 5.26 Å². The van der Waals surface area contributed by atoms with Crippen LogP contribution in [-0.2, 0) is 0 Å². The minimum atomic E-state index is 0.275. The summed E-state index contributed by atoms with van der Waals surface area (Å²) in [5.74, 6) is 0.275. The van der Waals surface area contributed by atoms with Crippen LogP contribution < -0.4 is 5.73 Å². The molecule has 0 amide bonds. The van der Waals surface area contributed by atoms with Crippen molar-refractivity contribution in [3.8, 4) is 6.07 Å². The number of anilines is 1. The Bertz CT molecular complexity index is 540. The molecule has 0 atom stereocenters. The van der Waals surface area contributed by atoms with Crippen LogP contribution in [0.2, 0.25) is 0 Å². The molecule has 0 saturated carbocycles. The van der Waals surface area contributed by atoms with Crippen molar-refractivity contribution in [3.63, 3.8) is 0 Å². The zero-order valence-electron chi connectivity index (χ0n) is 9.56. The monoisotopic (exact) mass is 226 g/mol. The van der Waals surface area contributed by atoms with E-state index < -0.39 is 0 Å². The molecule has 2 N–H and O–H groups in total. The van der Waals surface area contributed by atoms with Crippen molar-refractivity contribution in [2.75, 3.05) is 5.73 Å². The van der Waals surface area contributed by atoms with Gasteiger partial charge in [0.2, 0.25) is 0 Å². The molecule has 1 aromatic rings. The van der Waals surface area contributed by atoms with Crippen LogP contribution in [0.25, 0.3) is 5.70 Å². The van der Waals surface area contributed by atoms with Crippen molar-refractivity contribution in [2.45, 2.75) is 19.3 Å². The summed E-state index contributed by atoms with van der Waals surface area (Å²) in [6.07, 6.45) is 10.5. The van der Waals surface area contributed by atoms with Gasteiger partial charge < -0.3 is 5.73 Å². The maximum absolute atomic E-state index is 8.85. The Kier molecular flexibility index (Phi) is 3.10. The van der Waals surface area contributed by atoms with E-state index in [9.17, 15) is 0 Å². The standard InChI is InChI=1S/C13H14N4/c1-10-5-3-2-4-6-12(7-10)17-9-11(8-14)13(15)16-17/h2-3,6,9H,1,4-5,7H2,(H2,15,16). The first kappa shape index (κ1) is 11.2. The first-order valence-electron chi connectivity index (χ1n) is 5.47. The number of nitrogens with two attached hydrogens (primary N) is 1. The molecule has 4 nitrogen and oxygen atoms in total. The molecule has 1 aliphatic carbocycles. The van der Waals surface area contributed by atoms with Gasteiger partial charge in [0, 0.05) is 12.1 Å². The first-order valence-corrected chi connectivity index (χ1v) is 5.47. The number of hydrogen-bond donors (Lipinski definition) is 1. The fourth-order valence-electron chi connectivity index (χ4n) is 1.75. The van der Waals surface area contributed by atoms with E-state index >= 15 is 0 Å². The van der Waals surface area contributed by atoms with E-state index in [1.807, 2.05) is 6.07 Å². The molecule has 0 fully saturated rings. The molecule has 17 heavy (non-hydrogen) atoms. The molecular weight excluding hydrogens is 212 g/mol. The summed E-state index contributed by atoms with van der Waals surface area (Å²) in [5, 5.41) is 13.0. The largest absolute Gasteiger partial charge is 0.381 e. The third kappa shape index (κ3) is 2.45. The van der Waals surface area contributed by atoms with Crippen LogP contribution >= 0.6 is 0 Å². The van der Waals surface area contributed by atoms with E-state index in [4.69, 9.17) is 11.0 Å². The molecule has 0 saturated heterocycles. The van der Waals surface area contributed by atoms with Crippen LogP contribution in [0.1, 0.15) is 24.8 Å². The minimum absolute atomic E-state index is 0.275. The minimum Gasteiger partial charge on any atom is -0.381 e. The Morgan fingerprint density at radius 2 is 2.29 bits per heavy atom. The molecule has 4 heteroatoms. The molecule has 0 bridgehead atoms. The Hall–Kier alpha value is -2.28. The summed E-state index contributed by atoms with van der Waals surface area (Å²) >= 11 is 0. The fourth-order valence-corrected chi connectivity index (χ4v) is 1.75. The third-order valence-corrected chi connectivity index (χ3v) is 2.65. The number of rotatable bonds is 1. The lowest BCUT2D eigenvalue weighted by molar-refractivity contribution is 0.862. The van der Waals surface area contributed by atoms with Crippen LogP contribution in [0.3, 0.4) is 0 Å². The van der Waals surface area contributed by atoms with Gasteiger partial charge in [-0.25, -0.2) is 4.68 Å². The lowest BCUT2D eigenvalue weighted by Gasteiger charge is -2.10. The smallest absolute Gasteiger partial charge is 0.163 e. The van der Waals surface area contributed by atoms with E-state index in [1.165, 1.54) is 0 Å². The van der Waals surface area contributed by atoms with Crippen molar-refractivity contribution in [3.05, 3.63) is 42.1 Å². The topological polar surface area (TPSA) is 67.6 Å². The second kappa shape index (κ2) is 4.71. The Morgan fingerprint density at radius 1 is 1.47 bits per heavy atom. The Morgan fingerprint density at radius 3 is 3.00 bits per heavy atom. The number of allylic oxidation sites excluding steroid dienone is 5. The maximum atomic E-state index is 8.85. The van der Waals surface area contributed by atoms with Crippen molar-refractivity contribution < 1.29 is 0 Å². The van der Waals surface area contributed by atoms with Crippen molar-refractivity contribution in [1.82, 2.24) is 9.78 Å². The zero-order valence-corrected chi connectivity index (χ0v) is 9.56. The zero-order chi connectivity index (χ0) is 12.3. The number of nitrogens with zero attached hydrogens (tertiary/aromatic N) is 3. The molecule has 1 heterocycles. The van der Waals surface area contributed by atoms with Gasteiger partial charge in [0.05, 0.1) is 6.20 Å². The second-order valence-electron chi connectivity index (χ2n) is 4.02. The lowest BCUT2D eigenvalue weighted by Crippen LogP contribution is -2.01. The Balaban J connectivity index is 2.34. The SMILES string of the molecule is C=C1CC=CCC=C(n2cc(C#N)c(N)n2)C1. The number of aromatic nitrogens is 2. The van der Waals surface area contributed by atoms with Gasteiger partial charge in [0.25, 0.3) is 0 Å². The van der Waals surface area contributed by atoms with Crippen LogP contribution in [0.5, 0.6) is 0 Å². The molecule has 0 aliphatic heterocycles. The van der Waals surface area contributed by atoms with Crippen LogP contribution in [-0.4, -0.2) is 9.78 Å². The van der Waals surface area contributed by atoms with Gasteiger partial charge in [0.15, 0.2) is 5.82 Å². The van der Waals surface area contributed by atoms with Crippen molar-refractivity contribution in [1.29, 1.82) is 5.26 Å². The molecule has 0 aromatic carbocycles. The first-order chi connectivity index (χ1) is 8.20. The highest BCUT2D eigenvalue weighted by Gasteiger charge is 2.09. The molecule has 2 rings (SSSR count). The van der Waals surface area contributed by atoms with Gasteiger partial charge in [-0.1, -0.05) is 30.4 Å². The second-order valence-corrected chi connectivity index (χ2v) is 4.02. The highest BCUT2D eigenvalue weighted by atomic mass is 15.3. The lowest BCUT2D eigenvalue weighted by atomic mass is 10.0. The van der Waals surface area contributed by atoms with E-state index in [-0.39, 0.29) is 5.82 Å². The molecule has 0 unspecified atom stereocenters. The number of hydrogen-bond acceptors (Lipinski definition) is 3. The van der Waals surface area contributed by atoms with E-state index in [0.29, 0.717) is 5.56 Å². The summed E-state index contributed by atoms with van der Waals surface area (Å²) < 4.78 is 1.68. The molecular formula is C13H14N4. The summed E-state index contributed by atoms with van der Waals surface area (Å²) in [6.45, 7) is 4.01. The van der Waals surface area contributed by atoms with Crippen molar-refractivity contribution in [2.24, 2.45) is 0 Å². The molecule has 86 valence electrons. The predicted molar refractivity (Wildman–Crippen MR) is 67.8 cm³/mol. The van der Waals surface area contributed by atoms with Gasteiger partial charge in [-0.05, 0) is 12.8 Å². The quantitative estimate of drug-likeness (QED) is 0.748. The van der Waals surface area contributed by atoms with Gasteiger partial charge >= 0.3 is 0 Å². The summed E-state index contributed by atoms with van der Waals surface area (Å²) in [4.78, 5) is 0. The highest BCUT2D eigenvalue weighted by Crippen LogP contribution is 2.22. The summed E-state index contributed by atoms with van der Waals surface area (Å²) in [6, 6.07) is 2.02. The van der Waals surface area contributed by atoms with E-state index in [1.54, 1.807) is 10.9 Å². The molecule has 0 spiro atoms. The van der Waals surface area contributed by atoms with Crippen LogP contribution in [0, 0.1) is 11.3 Å². The number of nitrogen functional groups attached to an aromatic ring is 1. The average molecular weight is 226 g/mol. The fraction of sp³-hybridized carbons (Fsp3) is 0.231. The van der Waals surface area contributed by atoms with Crippen molar-refractivity contribution >= 4 is 11.5 Å². The van der Waals surface area contributed by atoms with Crippen LogP contribution in [0.15, 0.2) is 36.6 Å². The van der Waals surface area contributed by atoms with E-state index in [2.05, 4.69) is 29.9 Å². The Labute approximate surface area is 100 Å². The van der Waals surface area contributed by atoms with Gasteiger partial charge in [0.1, 0.15) is 11.6 Å². The van der Waals surface area contributed by atoms with Crippen LogP contribution in [0.4, 0.5) is 5.82 Å².